The zero-order chi connectivity index (χ0) is 24.5. The van der Waals surface area contributed by atoms with Gasteiger partial charge >= 0.3 is 0 Å². The van der Waals surface area contributed by atoms with Gasteiger partial charge < -0.3 is 24.8 Å². The topological polar surface area (TPSA) is 108 Å². The van der Waals surface area contributed by atoms with Crippen LogP contribution < -0.4 is 10.2 Å². The molecule has 6 rings (SSSR count). The van der Waals surface area contributed by atoms with E-state index in [2.05, 4.69) is 53.0 Å². The van der Waals surface area contributed by atoms with Gasteiger partial charge in [0.15, 0.2) is 11.6 Å². The molecule has 4 aromatic rings. The Kier molecular flexibility index (Phi) is 6.37. The number of pyridine rings is 1. The minimum absolute atomic E-state index is 0.202. The number of hydrogen-bond acceptors (Lipinski definition) is 9. The third-order valence-corrected chi connectivity index (χ3v) is 7.79. The van der Waals surface area contributed by atoms with Crippen LogP contribution >= 0.6 is 0 Å². The summed E-state index contributed by atoms with van der Waals surface area (Å²) >= 11 is 0. The molecule has 5 heterocycles. The molecule has 2 N–H and O–H groups in total. The molecule has 4 aromatic heterocycles. The monoisotopic (exact) mass is 487 g/mol. The third kappa shape index (κ3) is 4.35. The van der Waals surface area contributed by atoms with Gasteiger partial charge in [-0.25, -0.2) is 4.98 Å². The van der Waals surface area contributed by atoms with Crippen LogP contribution in [0.2, 0.25) is 0 Å². The summed E-state index contributed by atoms with van der Waals surface area (Å²) in [5.74, 6) is 2.03. The minimum atomic E-state index is 0.202. The number of piperidine rings is 1. The van der Waals surface area contributed by atoms with Crippen LogP contribution in [0.1, 0.15) is 44.6 Å². The van der Waals surface area contributed by atoms with E-state index >= 15 is 0 Å². The van der Waals surface area contributed by atoms with E-state index in [0.717, 1.165) is 60.2 Å². The first-order chi connectivity index (χ1) is 17.7. The van der Waals surface area contributed by atoms with Crippen LogP contribution in [0.4, 0.5) is 17.6 Å². The summed E-state index contributed by atoms with van der Waals surface area (Å²) in [4.78, 5) is 18.4. The number of likely N-dealkylation sites (N-methyl/N-ethyl adjacent to an activating group) is 1. The summed E-state index contributed by atoms with van der Waals surface area (Å²) < 4.78 is 2.36. The molecule has 0 unspecified atom stereocenters. The van der Waals surface area contributed by atoms with Gasteiger partial charge in [0.2, 0.25) is 5.95 Å². The van der Waals surface area contributed by atoms with Gasteiger partial charge in [-0.15, -0.1) is 10.2 Å². The fraction of sp³-hybridized carbons (Fsp3) is 0.500. The number of nitrogens with zero attached hydrogens (tertiary/aromatic N) is 8. The molecule has 10 nitrogen and oxygen atoms in total. The van der Waals surface area contributed by atoms with Crippen LogP contribution in [-0.4, -0.2) is 79.1 Å². The summed E-state index contributed by atoms with van der Waals surface area (Å²) in [6, 6.07) is 6.95. The van der Waals surface area contributed by atoms with Gasteiger partial charge in [0.05, 0.1) is 18.3 Å². The molecular weight excluding hydrogens is 454 g/mol. The standard InChI is InChI=1S/C26H33N9O/c1-33(14-15-36)18-9-12-34(13-10-18)24-7-6-23(31-32-24)29-26-28-16-21-20-8-11-27-17-22(20)35(25(21)30-26)19-4-2-3-5-19/h6-8,11,16-19,36H,2-5,9-10,12-15H2,1H3,(H,28,29,30,31). The van der Waals surface area contributed by atoms with Gasteiger partial charge in [0, 0.05) is 54.9 Å². The van der Waals surface area contributed by atoms with E-state index in [1.807, 2.05) is 30.7 Å². The fourth-order valence-electron chi connectivity index (χ4n) is 5.81. The van der Waals surface area contributed by atoms with Crippen molar-refractivity contribution in [3.05, 3.63) is 36.8 Å². The summed E-state index contributed by atoms with van der Waals surface area (Å²) in [7, 11) is 2.08. The molecule has 1 aliphatic heterocycles. The van der Waals surface area contributed by atoms with Crippen molar-refractivity contribution in [1.82, 2.24) is 34.6 Å². The van der Waals surface area contributed by atoms with E-state index in [9.17, 15) is 5.11 Å². The van der Waals surface area contributed by atoms with Gasteiger partial charge in [0.25, 0.3) is 0 Å². The first-order valence-electron chi connectivity index (χ1n) is 13.0. The second-order valence-corrected chi connectivity index (χ2v) is 9.96. The largest absolute Gasteiger partial charge is 0.395 e. The Hall–Kier alpha value is -3.37. The van der Waals surface area contributed by atoms with Gasteiger partial charge in [-0.1, -0.05) is 12.8 Å². The van der Waals surface area contributed by atoms with Gasteiger partial charge in [-0.2, -0.15) is 4.98 Å². The Bertz CT molecular complexity index is 1320. The molecule has 1 saturated heterocycles. The van der Waals surface area contributed by atoms with E-state index in [0.29, 0.717) is 23.8 Å². The number of aromatic nitrogens is 6. The van der Waals surface area contributed by atoms with Crippen LogP contribution in [-0.2, 0) is 0 Å². The smallest absolute Gasteiger partial charge is 0.230 e. The van der Waals surface area contributed by atoms with Gasteiger partial charge in [-0.05, 0) is 50.9 Å². The number of aliphatic hydroxyl groups excluding tert-OH is 1. The maximum atomic E-state index is 9.19. The highest BCUT2D eigenvalue weighted by molar-refractivity contribution is 6.06. The molecule has 1 aliphatic carbocycles. The molecule has 0 amide bonds. The van der Waals surface area contributed by atoms with Crippen molar-refractivity contribution >= 4 is 39.5 Å². The molecule has 0 bridgehead atoms. The van der Waals surface area contributed by atoms with Crippen molar-refractivity contribution in [3.63, 3.8) is 0 Å². The molecule has 0 aromatic carbocycles. The van der Waals surface area contributed by atoms with E-state index in [1.54, 1.807) is 0 Å². The zero-order valence-electron chi connectivity index (χ0n) is 20.7. The van der Waals surface area contributed by atoms with Gasteiger partial charge in [0.1, 0.15) is 5.65 Å². The van der Waals surface area contributed by atoms with Crippen molar-refractivity contribution in [3.8, 4) is 0 Å². The van der Waals surface area contributed by atoms with Crippen LogP contribution in [0.15, 0.2) is 36.8 Å². The molecule has 36 heavy (non-hydrogen) atoms. The molecule has 1 saturated carbocycles. The lowest BCUT2D eigenvalue weighted by Gasteiger charge is -2.36. The molecular formula is C26H33N9O. The van der Waals surface area contributed by atoms with Crippen molar-refractivity contribution in [2.45, 2.75) is 50.6 Å². The second kappa shape index (κ2) is 9.94. The highest BCUT2D eigenvalue weighted by Gasteiger charge is 2.24. The lowest BCUT2D eigenvalue weighted by atomic mass is 10.0. The van der Waals surface area contributed by atoms with Crippen LogP contribution in [0, 0.1) is 0 Å². The van der Waals surface area contributed by atoms with Gasteiger partial charge in [-0.3, -0.25) is 4.98 Å². The summed E-state index contributed by atoms with van der Waals surface area (Å²) in [6.45, 7) is 2.79. The Morgan fingerprint density at radius 3 is 2.61 bits per heavy atom. The number of aliphatic hydroxyl groups is 1. The number of hydrogen-bond donors (Lipinski definition) is 2. The molecule has 2 fully saturated rings. The van der Waals surface area contributed by atoms with E-state index in [4.69, 9.17) is 4.98 Å². The summed E-state index contributed by atoms with van der Waals surface area (Å²) in [5, 5.41) is 23.5. The maximum Gasteiger partial charge on any atom is 0.230 e. The van der Waals surface area contributed by atoms with E-state index in [-0.39, 0.29) is 6.61 Å². The Labute approximate surface area is 210 Å². The highest BCUT2D eigenvalue weighted by Crippen LogP contribution is 2.37. The third-order valence-electron chi connectivity index (χ3n) is 7.79. The molecule has 10 heteroatoms. The first-order valence-corrected chi connectivity index (χ1v) is 13.0. The average molecular weight is 488 g/mol. The highest BCUT2D eigenvalue weighted by atomic mass is 16.3. The normalized spacial score (nSPS) is 17.6. The molecule has 2 aliphatic rings. The van der Waals surface area contributed by atoms with Crippen molar-refractivity contribution < 1.29 is 5.11 Å². The molecule has 188 valence electrons. The number of nitrogens with one attached hydrogen (secondary N) is 1. The molecule has 0 spiro atoms. The van der Waals surface area contributed by atoms with Crippen LogP contribution in [0.3, 0.4) is 0 Å². The van der Waals surface area contributed by atoms with Crippen LogP contribution in [0.5, 0.6) is 0 Å². The predicted octanol–water partition coefficient (Wildman–Crippen LogP) is 3.52. The Balaban J connectivity index is 1.20. The number of fused-ring (bicyclic) bond motifs is 3. The minimum Gasteiger partial charge on any atom is -0.395 e. The van der Waals surface area contributed by atoms with E-state index < -0.39 is 0 Å². The maximum absolute atomic E-state index is 9.19. The lowest BCUT2D eigenvalue weighted by Crippen LogP contribution is -2.44. The predicted molar refractivity (Wildman–Crippen MR) is 141 cm³/mol. The summed E-state index contributed by atoms with van der Waals surface area (Å²) in [6.07, 6.45) is 12.6. The SMILES string of the molecule is CN(CCO)C1CCN(c2ccc(Nc3ncc4c5ccncc5n(C5CCCC5)c4n3)nn2)CC1. The number of rotatable bonds is 7. The second-order valence-electron chi connectivity index (χ2n) is 9.96. The Morgan fingerprint density at radius 1 is 1.03 bits per heavy atom. The van der Waals surface area contributed by atoms with Crippen LogP contribution in [0.25, 0.3) is 21.9 Å². The zero-order valence-corrected chi connectivity index (χ0v) is 20.7. The number of anilines is 3. The van der Waals surface area contributed by atoms with Crippen molar-refractivity contribution in [1.29, 1.82) is 0 Å². The fourth-order valence-corrected chi connectivity index (χ4v) is 5.81. The summed E-state index contributed by atoms with van der Waals surface area (Å²) in [5.41, 5.74) is 2.07. The first kappa shape index (κ1) is 23.1. The average Bonchev–Trinajstić information content (AvgIpc) is 3.55. The van der Waals surface area contributed by atoms with E-state index in [1.165, 1.54) is 25.7 Å². The Morgan fingerprint density at radius 2 is 1.86 bits per heavy atom. The van der Waals surface area contributed by atoms with Crippen molar-refractivity contribution in [2.24, 2.45) is 0 Å². The van der Waals surface area contributed by atoms with Crippen molar-refractivity contribution in [2.75, 3.05) is 43.5 Å². The quantitative estimate of drug-likeness (QED) is 0.405. The molecule has 0 atom stereocenters. The lowest BCUT2D eigenvalue weighted by molar-refractivity contribution is 0.161. The molecule has 0 radical (unpaired) electrons.